The third kappa shape index (κ3) is 5.72. The molecule has 0 spiro atoms. The van der Waals surface area contributed by atoms with Gasteiger partial charge < -0.3 is 14.5 Å². The van der Waals surface area contributed by atoms with Gasteiger partial charge in [-0.15, -0.1) is 0 Å². The van der Waals surface area contributed by atoms with Gasteiger partial charge in [0.2, 0.25) is 5.91 Å². The Morgan fingerprint density at radius 1 is 1.10 bits per heavy atom. The number of anilines is 1. The second kappa shape index (κ2) is 9.04. The first-order chi connectivity index (χ1) is 13.7. The van der Waals surface area contributed by atoms with Crippen LogP contribution in [0.1, 0.15) is 39.2 Å². The van der Waals surface area contributed by atoms with Crippen LogP contribution in [0.5, 0.6) is 0 Å². The van der Waals surface area contributed by atoms with E-state index in [1.165, 1.54) is 0 Å². The lowest BCUT2D eigenvalue weighted by Gasteiger charge is -2.33. The molecule has 2 aliphatic rings. The van der Waals surface area contributed by atoms with E-state index in [-0.39, 0.29) is 17.6 Å². The van der Waals surface area contributed by atoms with Crippen molar-refractivity contribution in [3.8, 4) is 0 Å². The van der Waals surface area contributed by atoms with Crippen molar-refractivity contribution in [3.63, 3.8) is 0 Å². The summed E-state index contributed by atoms with van der Waals surface area (Å²) in [6.45, 7) is 9.79. The van der Waals surface area contributed by atoms with Gasteiger partial charge in [0.25, 0.3) is 0 Å². The van der Waals surface area contributed by atoms with Gasteiger partial charge in [-0.2, -0.15) is 0 Å². The van der Waals surface area contributed by atoms with E-state index in [4.69, 9.17) is 4.74 Å². The fourth-order valence-electron chi connectivity index (χ4n) is 3.88. The Morgan fingerprint density at radius 2 is 1.76 bits per heavy atom. The molecule has 0 radical (unpaired) electrons. The van der Waals surface area contributed by atoms with Crippen LogP contribution < -0.4 is 4.90 Å². The Hall–Kier alpha value is -1.60. The van der Waals surface area contributed by atoms with Gasteiger partial charge in [-0.3, -0.25) is 4.79 Å². The molecule has 0 bridgehead atoms. The van der Waals surface area contributed by atoms with Gasteiger partial charge in [-0.05, 0) is 57.2 Å². The highest BCUT2D eigenvalue weighted by Gasteiger charge is 2.33. The zero-order chi connectivity index (χ0) is 21.1. The second-order valence-electron chi connectivity index (χ2n) is 9.16. The number of carbonyl (C=O) groups excluding carboxylic acids is 1. The Labute approximate surface area is 175 Å². The van der Waals surface area contributed by atoms with Crippen molar-refractivity contribution >= 4 is 21.4 Å². The maximum atomic E-state index is 12.8. The van der Waals surface area contributed by atoms with Gasteiger partial charge in [0.15, 0.2) is 9.84 Å². The maximum Gasteiger partial charge on any atom is 0.226 e. The molecule has 29 heavy (non-hydrogen) atoms. The third-order valence-electron chi connectivity index (χ3n) is 6.00. The summed E-state index contributed by atoms with van der Waals surface area (Å²) in [5.41, 5.74) is 2.17. The molecule has 0 aromatic heterocycles. The molecule has 2 saturated heterocycles. The van der Waals surface area contributed by atoms with Crippen LogP contribution in [0.3, 0.4) is 0 Å². The van der Waals surface area contributed by atoms with Crippen LogP contribution in [0.2, 0.25) is 0 Å². The third-order valence-corrected chi connectivity index (χ3v) is 8.77. The molecule has 0 atom stereocenters. The molecule has 0 N–H and O–H groups in total. The second-order valence-corrected chi connectivity index (χ2v) is 12.0. The fourth-order valence-corrected chi connectivity index (χ4v) is 5.33. The van der Waals surface area contributed by atoms with Crippen LogP contribution >= 0.6 is 0 Å². The molecule has 1 aromatic rings. The molecule has 0 saturated carbocycles. The Morgan fingerprint density at radius 3 is 2.38 bits per heavy atom. The highest BCUT2D eigenvalue weighted by Crippen LogP contribution is 2.25. The van der Waals surface area contributed by atoms with Crippen molar-refractivity contribution in [2.75, 3.05) is 50.0 Å². The molecule has 6 nitrogen and oxygen atoms in total. The number of sulfone groups is 1. The number of piperidine rings is 1. The standard InChI is InChI=1S/C22H34N2O4S/c1-22(2,3)29(26,27)17-18-7-9-24(10-8-18)21(25)16-19-5-4-6-20(15-19)23-11-13-28-14-12-23/h4-6,15,18H,7-14,16-17H2,1-3H3. The first kappa shape index (κ1) is 22.1. The smallest absolute Gasteiger partial charge is 0.226 e. The molecule has 2 fully saturated rings. The number of amides is 1. The topological polar surface area (TPSA) is 66.9 Å². The number of likely N-dealkylation sites (tertiary alicyclic amines) is 1. The van der Waals surface area contributed by atoms with Crippen LogP contribution in [-0.4, -0.2) is 69.1 Å². The molecule has 0 aliphatic carbocycles. The first-order valence-electron chi connectivity index (χ1n) is 10.6. The largest absolute Gasteiger partial charge is 0.378 e. The Balaban J connectivity index is 1.52. The number of carbonyl (C=O) groups is 1. The number of hydrogen-bond donors (Lipinski definition) is 0. The lowest BCUT2D eigenvalue weighted by molar-refractivity contribution is -0.131. The lowest BCUT2D eigenvalue weighted by Crippen LogP contribution is -2.42. The average Bonchev–Trinajstić information content (AvgIpc) is 2.68. The first-order valence-corrected chi connectivity index (χ1v) is 12.2. The van der Waals surface area contributed by atoms with E-state index in [1.807, 2.05) is 17.0 Å². The zero-order valence-corrected chi connectivity index (χ0v) is 18.7. The van der Waals surface area contributed by atoms with Crippen LogP contribution in [0.4, 0.5) is 5.69 Å². The van der Waals surface area contributed by atoms with E-state index in [0.717, 1.165) is 50.4 Å². The summed E-state index contributed by atoms with van der Waals surface area (Å²) in [4.78, 5) is 17.0. The number of benzene rings is 1. The van der Waals surface area contributed by atoms with Crippen molar-refractivity contribution < 1.29 is 17.9 Å². The van der Waals surface area contributed by atoms with Gasteiger partial charge in [0, 0.05) is 31.9 Å². The normalized spacial score (nSPS) is 19.4. The summed E-state index contributed by atoms with van der Waals surface area (Å²) in [6.07, 6.45) is 1.91. The quantitative estimate of drug-likeness (QED) is 0.729. The van der Waals surface area contributed by atoms with E-state index in [0.29, 0.717) is 19.5 Å². The predicted octanol–water partition coefficient (Wildman–Crippen LogP) is 2.52. The molecule has 2 heterocycles. The van der Waals surface area contributed by atoms with E-state index < -0.39 is 14.6 Å². The minimum absolute atomic E-state index is 0.126. The van der Waals surface area contributed by atoms with Gasteiger partial charge in [-0.1, -0.05) is 12.1 Å². The van der Waals surface area contributed by atoms with E-state index in [2.05, 4.69) is 17.0 Å². The Bertz CT molecular complexity index is 802. The monoisotopic (exact) mass is 422 g/mol. The summed E-state index contributed by atoms with van der Waals surface area (Å²) in [5.74, 6) is 0.495. The molecular formula is C22H34N2O4S. The summed E-state index contributed by atoms with van der Waals surface area (Å²) < 4.78 is 29.6. The predicted molar refractivity (Wildman–Crippen MR) is 116 cm³/mol. The number of hydrogen-bond acceptors (Lipinski definition) is 5. The summed E-state index contributed by atoms with van der Waals surface area (Å²) in [6, 6.07) is 8.20. The zero-order valence-electron chi connectivity index (χ0n) is 17.9. The highest BCUT2D eigenvalue weighted by atomic mass is 32.2. The van der Waals surface area contributed by atoms with E-state index >= 15 is 0 Å². The van der Waals surface area contributed by atoms with E-state index in [1.54, 1.807) is 20.8 Å². The maximum absolute atomic E-state index is 12.8. The average molecular weight is 423 g/mol. The molecule has 2 aliphatic heterocycles. The number of rotatable bonds is 5. The SMILES string of the molecule is CC(C)(C)S(=O)(=O)CC1CCN(C(=O)Cc2cccc(N3CCOCC3)c2)CC1. The van der Waals surface area contributed by atoms with Crippen LogP contribution in [0.25, 0.3) is 0 Å². The highest BCUT2D eigenvalue weighted by molar-refractivity contribution is 7.92. The van der Waals surface area contributed by atoms with Crippen molar-refractivity contribution in [1.29, 1.82) is 0 Å². The summed E-state index contributed by atoms with van der Waals surface area (Å²) in [5, 5.41) is 0. The van der Waals surface area contributed by atoms with Gasteiger partial charge in [-0.25, -0.2) is 8.42 Å². The van der Waals surface area contributed by atoms with Crippen molar-refractivity contribution in [3.05, 3.63) is 29.8 Å². The molecular weight excluding hydrogens is 388 g/mol. The van der Waals surface area contributed by atoms with Gasteiger partial charge in [0.1, 0.15) is 0 Å². The van der Waals surface area contributed by atoms with Crippen molar-refractivity contribution in [1.82, 2.24) is 4.90 Å². The van der Waals surface area contributed by atoms with Gasteiger partial charge >= 0.3 is 0 Å². The van der Waals surface area contributed by atoms with Gasteiger partial charge in [0.05, 0.1) is 30.1 Å². The molecule has 1 amide bonds. The molecule has 1 aromatic carbocycles. The minimum atomic E-state index is -3.12. The summed E-state index contributed by atoms with van der Waals surface area (Å²) >= 11 is 0. The minimum Gasteiger partial charge on any atom is -0.378 e. The van der Waals surface area contributed by atoms with Crippen LogP contribution in [0.15, 0.2) is 24.3 Å². The fraction of sp³-hybridized carbons (Fsp3) is 0.682. The van der Waals surface area contributed by atoms with Crippen molar-refractivity contribution in [2.24, 2.45) is 5.92 Å². The molecule has 3 rings (SSSR count). The number of morpholine rings is 1. The number of nitrogens with zero attached hydrogens (tertiary/aromatic N) is 2. The van der Waals surface area contributed by atoms with Crippen LogP contribution in [-0.2, 0) is 25.8 Å². The van der Waals surface area contributed by atoms with Crippen molar-refractivity contribution in [2.45, 2.75) is 44.8 Å². The Kier molecular flexibility index (Phi) is 6.89. The van der Waals surface area contributed by atoms with Crippen LogP contribution in [0, 0.1) is 5.92 Å². The number of ether oxygens (including phenoxy) is 1. The van der Waals surface area contributed by atoms with E-state index in [9.17, 15) is 13.2 Å². The lowest BCUT2D eigenvalue weighted by atomic mass is 9.98. The molecule has 162 valence electrons. The molecule has 7 heteroatoms. The summed E-state index contributed by atoms with van der Waals surface area (Å²) in [7, 11) is -3.12. The molecule has 0 unspecified atom stereocenters.